The van der Waals surface area contributed by atoms with Crippen molar-refractivity contribution in [1.29, 1.82) is 0 Å². The van der Waals surface area contributed by atoms with Gasteiger partial charge < -0.3 is 5.73 Å². The molecular weight excluding hydrogens is 296 g/mol. The highest BCUT2D eigenvalue weighted by molar-refractivity contribution is 7.89. The van der Waals surface area contributed by atoms with Gasteiger partial charge in [-0.3, -0.25) is 0 Å². The van der Waals surface area contributed by atoms with Gasteiger partial charge in [-0.1, -0.05) is 30.3 Å². The normalized spacial score (nSPS) is 29.0. The van der Waals surface area contributed by atoms with Gasteiger partial charge in [0, 0.05) is 19.1 Å². The summed E-state index contributed by atoms with van der Waals surface area (Å²) in [5.74, 6) is 0.764. The Labute approximate surface area is 131 Å². The Bertz CT molecular complexity index is 818. The minimum absolute atomic E-state index is 0.154. The molecule has 3 atom stereocenters. The summed E-state index contributed by atoms with van der Waals surface area (Å²) in [4.78, 5) is 0.389. The van der Waals surface area contributed by atoms with Crippen LogP contribution < -0.4 is 5.73 Å². The van der Waals surface area contributed by atoms with E-state index in [1.807, 2.05) is 30.3 Å². The molecule has 2 fully saturated rings. The van der Waals surface area contributed by atoms with Gasteiger partial charge in [0.25, 0.3) is 0 Å². The van der Waals surface area contributed by atoms with Gasteiger partial charge in [0.2, 0.25) is 10.0 Å². The summed E-state index contributed by atoms with van der Waals surface area (Å²) in [5, 5.41) is 2.02. The van der Waals surface area contributed by atoms with Gasteiger partial charge in [-0.25, -0.2) is 8.42 Å². The molecule has 5 heteroatoms. The van der Waals surface area contributed by atoms with Crippen molar-refractivity contribution in [3.63, 3.8) is 0 Å². The van der Waals surface area contributed by atoms with Crippen LogP contribution in [0.3, 0.4) is 0 Å². The first-order valence-electron chi connectivity index (χ1n) is 7.80. The summed E-state index contributed by atoms with van der Waals surface area (Å²) in [5.41, 5.74) is 6.12. The van der Waals surface area contributed by atoms with Gasteiger partial charge in [0.1, 0.15) is 0 Å². The smallest absolute Gasteiger partial charge is 0.243 e. The number of hydrogen-bond acceptors (Lipinski definition) is 3. The van der Waals surface area contributed by atoms with E-state index in [4.69, 9.17) is 5.73 Å². The Morgan fingerprint density at radius 3 is 2.55 bits per heavy atom. The highest BCUT2D eigenvalue weighted by atomic mass is 32.2. The molecule has 3 unspecified atom stereocenters. The van der Waals surface area contributed by atoms with Crippen LogP contribution in [-0.4, -0.2) is 31.9 Å². The second-order valence-corrected chi connectivity index (χ2v) is 8.43. The van der Waals surface area contributed by atoms with Crippen molar-refractivity contribution in [3.8, 4) is 0 Å². The minimum atomic E-state index is -3.42. The molecule has 22 heavy (non-hydrogen) atoms. The molecule has 1 saturated heterocycles. The molecule has 2 aromatic rings. The highest BCUT2D eigenvalue weighted by Gasteiger charge is 2.45. The van der Waals surface area contributed by atoms with Crippen LogP contribution in [0.2, 0.25) is 0 Å². The lowest BCUT2D eigenvalue weighted by atomic mass is 9.98. The maximum absolute atomic E-state index is 12.9. The molecular formula is C17H20N2O2S. The molecule has 0 spiro atoms. The molecule has 0 radical (unpaired) electrons. The zero-order valence-corrected chi connectivity index (χ0v) is 13.2. The number of rotatable bonds is 2. The zero-order valence-electron chi connectivity index (χ0n) is 12.4. The Balaban J connectivity index is 1.68. The molecule has 2 N–H and O–H groups in total. The van der Waals surface area contributed by atoms with Gasteiger partial charge in [-0.05, 0) is 47.6 Å². The summed E-state index contributed by atoms with van der Waals surface area (Å²) in [6.45, 7) is 1.19. The number of nitrogens with zero attached hydrogens (tertiary/aromatic N) is 1. The molecule has 2 aromatic carbocycles. The van der Waals surface area contributed by atoms with Crippen LogP contribution in [0.1, 0.15) is 12.8 Å². The van der Waals surface area contributed by atoms with Crippen LogP contribution in [0.4, 0.5) is 0 Å². The molecule has 1 aliphatic heterocycles. The second-order valence-electron chi connectivity index (χ2n) is 6.50. The monoisotopic (exact) mass is 316 g/mol. The van der Waals surface area contributed by atoms with Crippen molar-refractivity contribution in [3.05, 3.63) is 42.5 Å². The van der Waals surface area contributed by atoms with Gasteiger partial charge in [0.05, 0.1) is 4.90 Å². The summed E-state index contributed by atoms with van der Waals surface area (Å²) < 4.78 is 27.4. The first kappa shape index (κ1) is 14.2. The molecule has 116 valence electrons. The molecule has 4 nitrogen and oxygen atoms in total. The maximum atomic E-state index is 12.9. The Kier molecular flexibility index (Phi) is 3.25. The maximum Gasteiger partial charge on any atom is 0.243 e. The predicted molar refractivity (Wildman–Crippen MR) is 86.9 cm³/mol. The quantitative estimate of drug-likeness (QED) is 0.924. The van der Waals surface area contributed by atoms with Crippen LogP contribution >= 0.6 is 0 Å². The topological polar surface area (TPSA) is 63.4 Å². The molecule has 1 saturated carbocycles. The van der Waals surface area contributed by atoms with E-state index in [1.54, 1.807) is 16.4 Å². The summed E-state index contributed by atoms with van der Waals surface area (Å²) in [6, 6.07) is 13.3. The average Bonchev–Trinajstić information content (AvgIpc) is 3.10. The van der Waals surface area contributed by atoms with Gasteiger partial charge in [-0.15, -0.1) is 0 Å². The fraction of sp³-hybridized carbons (Fsp3) is 0.412. The number of sulfonamides is 1. The molecule has 2 aliphatic rings. The van der Waals surface area contributed by atoms with E-state index >= 15 is 0 Å². The fourth-order valence-electron chi connectivity index (χ4n) is 3.94. The number of benzene rings is 2. The first-order chi connectivity index (χ1) is 10.6. The van der Waals surface area contributed by atoms with Crippen molar-refractivity contribution in [1.82, 2.24) is 4.31 Å². The fourth-order valence-corrected chi connectivity index (χ4v) is 5.51. The third-order valence-corrected chi connectivity index (χ3v) is 7.07. The number of fused-ring (bicyclic) bond motifs is 2. The van der Waals surface area contributed by atoms with Crippen LogP contribution in [0.15, 0.2) is 47.4 Å². The van der Waals surface area contributed by atoms with Crippen LogP contribution in [0.5, 0.6) is 0 Å². The second kappa shape index (κ2) is 5.05. The van der Waals surface area contributed by atoms with Crippen molar-refractivity contribution < 1.29 is 8.42 Å². The molecule has 1 heterocycles. The minimum Gasteiger partial charge on any atom is -0.327 e. The van der Waals surface area contributed by atoms with E-state index in [1.165, 1.54) is 0 Å². The molecule has 0 bridgehead atoms. The SMILES string of the molecule is NC1CCC2CN(S(=O)(=O)c3ccc4ccccc4c3)CC12. The molecule has 0 amide bonds. The number of hydrogen-bond donors (Lipinski definition) is 1. The lowest BCUT2D eigenvalue weighted by molar-refractivity contribution is 0.427. The predicted octanol–water partition coefficient (Wildman–Crippen LogP) is 2.20. The van der Waals surface area contributed by atoms with Crippen LogP contribution in [0, 0.1) is 11.8 Å². The van der Waals surface area contributed by atoms with Crippen molar-refractivity contribution in [2.24, 2.45) is 17.6 Å². The summed E-state index contributed by atoms with van der Waals surface area (Å²) in [6.07, 6.45) is 2.08. The third-order valence-electron chi connectivity index (χ3n) is 5.24. The van der Waals surface area contributed by atoms with E-state index in [0.29, 0.717) is 29.8 Å². The Morgan fingerprint density at radius 2 is 1.77 bits per heavy atom. The lowest BCUT2D eigenvalue weighted by Crippen LogP contribution is -2.33. The number of nitrogens with two attached hydrogens (primary N) is 1. The van der Waals surface area contributed by atoms with Crippen LogP contribution in [-0.2, 0) is 10.0 Å². The van der Waals surface area contributed by atoms with E-state index in [2.05, 4.69) is 0 Å². The van der Waals surface area contributed by atoms with Crippen LogP contribution in [0.25, 0.3) is 10.8 Å². The zero-order chi connectivity index (χ0) is 15.3. The van der Waals surface area contributed by atoms with E-state index in [0.717, 1.165) is 23.6 Å². The van der Waals surface area contributed by atoms with E-state index in [-0.39, 0.29) is 6.04 Å². The standard InChI is InChI=1S/C17H20N2O2S/c18-17-8-6-14-10-19(11-16(14)17)22(20,21)15-7-5-12-3-1-2-4-13(12)9-15/h1-5,7,9,14,16-17H,6,8,10-11,18H2. The first-order valence-corrected chi connectivity index (χ1v) is 9.24. The van der Waals surface area contributed by atoms with Gasteiger partial charge in [-0.2, -0.15) is 4.31 Å². The van der Waals surface area contributed by atoms with Crippen molar-refractivity contribution in [2.75, 3.05) is 13.1 Å². The van der Waals surface area contributed by atoms with Gasteiger partial charge >= 0.3 is 0 Å². The van der Waals surface area contributed by atoms with E-state index < -0.39 is 10.0 Å². The largest absolute Gasteiger partial charge is 0.327 e. The summed E-state index contributed by atoms with van der Waals surface area (Å²) in [7, 11) is -3.42. The summed E-state index contributed by atoms with van der Waals surface area (Å²) >= 11 is 0. The molecule has 0 aromatic heterocycles. The highest BCUT2D eigenvalue weighted by Crippen LogP contribution is 2.39. The van der Waals surface area contributed by atoms with E-state index in [9.17, 15) is 8.42 Å². The lowest BCUT2D eigenvalue weighted by Gasteiger charge is -2.19. The Hall–Kier alpha value is -1.43. The molecule has 1 aliphatic carbocycles. The molecule has 4 rings (SSSR count). The van der Waals surface area contributed by atoms with Gasteiger partial charge in [0.15, 0.2) is 0 Å². The third kappa shape index (κ3) is 2.16. The Morgan fingerprint density at radius 1 is 1.00 bits per heavy atom. The van der Waals surface area contributed by atoms with Crippen molar-refractivity contribution >= 4 is 20.8 Å². The average molecular weight is 316 g/mol. The van der Waals surface area contributed by atoms with Crippen molar-refractivity contribution in [2.45, 2.75) is 23.8 Å².